The van der Waals surface area contributed by atoms with Crippen LogP contribution in [0.15, 0.2) is 54.9 Å². The van der Waals surface area contributed by atoms with Crippen LogP contribution >= 0.6 is 0 Å². The minimum Gasteiger partial charge on any atom is -0.372 e. The summed E-state index contributed by atoms with van der Waals surface area (Å²) in [4.78, 5) is 10.0. The molecule has 2 aliphatic heterocycles. The molecule has 0 unspecified atom stereocenters. The molecule has 4 nitrogen and oxygen atoms in total. The largest absolute Gasteiger partial charge is 0.372 e. The SMILES string of the molecule is C=C/C=C(\C)N1CCN(Cc2cc(C(=C)N3CCN(/C(C)=C/CC)CC3)c(C)cc2C)CC1. The molecule has 0 atom stereocenters. The number of hydrogen-bond acceptors (Lipinski definition) is 4. The van der Waals surface area contributed by atoms with E-state index in [9.17, 15) is 0 Å². The Morgan fingerprint density at radius 1 is 0.848 bits per heavy atom. The maximum atomic E-state index is 4.54. The fraction of sp³-hybridized carbons (Fsp3) is 0.517. The fourth-order valence-corrected chi connectivity index (χ4v) is 5.08. The third-order valence-electron chi connectivity index (χ3n) is 7.28. The van der Waals surface area contributed by atoms with E-state index in [2.05, 4.69) is 91.7 Å². The molecule has 0 spiro atoms. The average Bonchev–Trinajstić information content (AvgIpc) is 2.81. The van der Waals surface area contributed by atoms with E-state index in [1.54, 1.807) is 0 Å². The predicted molar refractivity (Wildman–Crippen MR) is 143 cm³/mol. The topological polar surface area (TPSA) is 13.0 Å². The number of rotatable bonds is 8. The van der Waals surface area contributed by atoms with Gasteiger partial charge in [0.05, 0.1) is 0 Å². The number of nitrogens with zero attached hydrogens (tertiary/aromatic N) is 4. The van der Waals surface area contributed by atoms with E-state index in [1.165, 1.54) is 39.3 Å². The van der Waals surface area contributed by atoms with Crippen molar-refractivity contribution in [3.63, 3.8) is 0 Å². The van der Waals surface area contributed by atoms with Gasteiger partial charge in [-0.25, -0.2) is 0 Å². The van der Waals surface area contributed by atoms with Crippen molar-refractivity contribution >= 4 is 5.70 Å². The molecule has 180 valence electrons. The summed E-state index contributed by atoms with van der Waals surface area (Å²) in [6.45, 7) is 29.1. The van der Waals surface area contributed by atoms with Crippen molar-refractivity contribution in [1.82, 2.24) is 19.6 Å². The molecule has 0 bridgehead atoms. The highest BCUT2D eigenvalue weighted by Crippen LogP contribution is 2.27. The van der Waals surface area contributed by atoms with Crippen molar-refractivity contribution in [1.29, 1.82) is 0 Å². The van der Waals surface area contributed by atoms with E-state index in [0.717, 1.165) is 65.3 Å². The summed E-state index contributed by atoms with van der Waals surface area (Å²) in [7, 11) is 0. The minimum atomic E-state index is 1.01. The van der Waals surface area contributed by atoms with Crippen molar-refractivity contribution in [3.8, 4) is 0 Å². The number of hydrogen-bond donors (Lipinski definition) is 0. The van der Waals surface area contributed by atoms with E-state index in [4.69, 9.17) is 0 Å². The van der Waals surface area contributed by atoms with Gasteiger partial charge in [0.15, 0.2) is 0 Å². The predicted octanol–water partition coefficient (Wildman–Crippen LogP) is 5.41. The number of benzene rings is 1. The Hall–Kier alpha value is -2.46. The highest BCUT2D eigenvalue weighted by molar-refractivity contribution is 5.66. The van der Waals surface area contributed by atoms with Crippen LogP contribution in [-0.2, 0) is 6.54 Å². The summed E-state index contributed by atoms with van der Waals surface area (Å²) in [5.74, 6) is 0. The zero-order valence-electron chi connectivity index (χ0n) is 21.7. The van der Waals surface area contributed by atoms with Gasteiger partial charge in [-0.1, -0.05) is 38.3 Å². The van der Waals surface area contributed by atoms with Crippen molar-refractivity contribution in [2.45, 2.75) is 47.6 Å². The summed E-state index contributed by atoms with van der Waals surface area (Å²) < 4.78 is 0. The Balaban J connectivity index is 1.64. The van der Waals surface area contributed by atoms with Crippen LogP contribution in [0.25, 0.3) is 5.70 Å². The van der Waals surface area contributed by atoms with E-state index in [-0.39, 0.29) is 0 Å². The average molecular weight is 449 g/mol. The van der Waals surface area contributed by atoms with Crippen molar-refractivity contribution in [3.05, 3.63) is 77.2 Å². The van der Waals surface area contributed by atoms with Gasteiger partial charge in [-0.15, -0.1) is 0 Å². The second kappa shape index (κ2) is 11.6. The van der Waals surface area contributed by atoms with E-state index in [0.29, 0.717) is 0 Å². The first-order valence-corrected chi connectivity index (χ1v) is 12.6. The third kappa shape index (κ3) is 6.32. The summed E-state index contributed by atoms with van der Waals surface area (Å²) in [6, 6.07) is 4.77. The van der Waals surface area contributed by atoms with E-state index < -0.39 is 0 Å². The number of aryl methyl sites for hydroxylation is 2. The van der Waals surface area contributed by atoms with Crippen LogP contribution < -0.4 is 0 Å². The fourth-order valence-electron chi connectivity index (χ4n) is 5.08. The molecule has 2 fully saturated rings. The zero-order valence-corrected chi connectivity index (χ0v) is 21.7. The summed E-state index contributed by atoms with van der Waals surface area (Å²) >= 11 is 0. The molecule has 0 amide bonds. The highest BCUT2D eigenvalue weighted by Gasteiger charge is 2.22. The van der Waals surface area contributed by atoms with Crippen molar-refractivity contribution in [2.75, 3.05) is 52.4 Å². The summed E-state index contributed by atoms with van der Waals surface area (Å²) in [6.07, 6.45) is 7.43. The first kappa shape index (κ1) is 25.2. The number of allylic oxidation sites excluding steroid dienone is 5. The highest BCUT2D eigenvalue weighted by atomic mass is 15.3. The van der Waals surface area contributed by atoms with Crippen LogP contribution in [0, 0.1) is 13.8 Å². The molecule has 0 aliphatic carbocycles. The monoisotopic (exact) mass is 448 g/mol. The van der Waals surface area contributed by atoms with Gasteiger partial charge >= 0.3 is 0 Å². The van der Waals surface area contributed by atoms with Gasteiger partial charge in [-0.3, -0.25) is 4.90 Å². The van der Waals surface area contributed by atoms with Gasteiger partial charge < -0.3 is 14.7 Å². The van der Waals surface area contributed by atoms with Gasteiger partial charge in [0.1, 0.15) is 0 Å². The van der Waals surface area contributed by atoms with Gasteiger partial charge in [0, 0.05) is 81.6 Å². The minimum absolute atomic E-state index is 1.01. The molecule has 1 aromatic rings. The van der Waals surface area contributed by atoms with Crippen LogP contribution in [0.4, 0.5) is 0 Å². The molecule has 0 saturated carbocycles. The Morgan fingerprint density at radius 3 is 2.03 bits per heavy atom. The van der Waals surface area contributed by atoms with Crippen LogP contribution in [0.1, 0.15) is 49.4 Å². The van der Waals surface area contributed by atoms with Crippen molar-refractivity contribution in [2.24, 2.45) is 0 Å². The van der Waals surface area contributed by atoms with Crippen molar-refractivity contribution < 1.29 is 0 Å². The molecule has 0 radical (unpaired) electrons. The molecule has 2 heterocycles. The molecule has 0 N–H and O–H groups in total. The zero-order chi connectivity index (χ0) is 24.0. The maximum absolute atomic E-state index is 4.54. The smallest absolute Gasteiger partial charge is 0.0370 e. The quantitative estimate of drug-likeness (QED) is 0.493. The first-order chi connectivity index (χ1) is 15.8. The Kier molecular flexibility index (Phi) is 8.85. The lowest BCUT2D eigenvalue weighted by atomic mass is 9.97. The summed E-state index contributed by atoms with van der Waals surface area (Å²) in [5.41, 5.74) is 9.37. The molecule has 33 heavy (non-hydrogen) atoms. The normalized spacial score (nSPS) is 18.6. The second-order valence-electron chi connectivity index (χ2n) is 9.58. The van der Waals surface area contributed by atoms with Gasteiger partial charge in [0.25, 0.3) is 0 Å². The molecule has 1 aromatic carbocycles. The molecule has 2 aliphatic rings. The second-order valence-corrected chi connectivity index (χ2v) is 9.58. The number of piperazine rings is 2. The molecular formula is C29H44N4. The molecule has 4 heteroatoms. The lowest BCUT2D eigenvalue weighted by Crippen LogP contribution is -2.45. The molecular weight excluding hydrogens is 404 g/mol. The van der Waals surface area contributed by atoms with E-state index in [1.807, 2.05) is 6.08 Å². The van der Waals surface area contributed by atoms with Crippen LogP contribution in [-0.4, -0.2) is 72.0 Å². The third-order valence-corrected chi connectivity index (χ3v) is 7.28. The Bertz CT molecular complexity index is 894. The molecule has 0 aromatic heterocycles. The Morgan fingerprint density at radius 2 is 1.42 bits per heavy atom. The standard InChI is InChI=1S/C29H44N4/c1-8-10-25(5)31-14-12-30(13-15-31)22-28-21-29(24(4)20-23(28)3)27(7)33-18-16-32(17-19-33)26(6)11-9-2/h8,10-11,20-21H,1,7,9,12-19,22H2,2-6H3/b25-10+,26-11+. The lowest BCUT2D eigenvalue weighted by Gasteiger charge is -2.39. The molecule has 3 rings (SSSR count). The molecule has 2 saturated heterocycles. The van der Waals surface area contributed by atoms with E-state index >= 15 is 0 Å². The van der Waals surface area contributed by atoms with Gasteiger partial charge in [0.2, 0.25) is 0 Å². The lowest BCUT2D eigenvalue weighted by molar-refractivity contribution is 0.153. The Labute approximate surface area is 202 Å². The van der Waals surface area contributed by atoms with Gasteiger partial charge in [-0.05, 0) is 62.9 Å². The van der Waals surface area contributed by atoms with Gasteiger partial charge in [-0.2, -0.15) is 0 Å². The van der Waals surface area contributed by atoms with Crippen LogP contribution in [0.2, 0.25) is 0 Å². The van der Waals surface area contributed by atoms with Crippen LogP contribution in [0.3, 0.4) is 0 Å². The summed E-state index contributed by atoms with van der Waals surface area (Å²) in [5, 5.41) is 0. The maximum Gasteiger partial charge on any atom is 0.0370 e. The van der Waals surface area contributed by atoms with Crippen LogP contribution in [0.5, 0.6) is 0 Å². The first-order valence-electron chi connectivity index (χ1n) is 12.6.